The number of aromatic nitrogens is 2. The highest BCUT2D eigenvalue weighted by Crippen LogP contribution is 2.36. The molecule has 0 radical (unpaired) electrons. The minimum atomic E-state index is 0.0864. The summed E-state index contributed by atoms with van der Waals surface area (Å²) in [6, 6.07) is 7.89. The average Bonchev–Trinajstić information content (AvgIpc) is 2.96. The van der Waals surface area contributed by atoms with E-state index in [1.165, 1.54) is 0 Å². The van der Waals surface area contributed by atoms with E-state index in [-0.39, 0.29) is 12.5 Å². The largest absolute Gasteiger partial charge is 0.488 e. The minimum Gasteiger partial charge on any atom is -0.488 e. The summed E-state index contributed by atoms with van der Waals surface area (Å²) in [5.41, 5.74) is 3.03. The van der Waals surface area contributed by atoms with Gasteiger partial charge >= 0.3 is 0 Å². The maximum atomic E-state index is 12.3. The highest BCUT2D eigenvalue weighted by molar-refractivity contribution is 5.78. The van der Waals surface area contributed by atoms with Crippen LogP contribution in [0.2, 0.25) is 0 Å². The number of fused-ring (bicyclic) bond motifs is 3. The summed E-state index contributed by atoms with van der Waals surface area (Å²) in [5, 5.41) is 4.39. The molecule has 0 aliphatic carbocycles. The molecule has 0 atom stereocenters. The molecule has 1 aromatic heterocycles. The smallest absolute Gasteiger partial charge is 0.244 e. The summed E-state index contributed by atoms with van der Waals surface area (Å²) in [6.45, 7) is 3.69. The molecule has 1 aliphatic heterocycles. The van der Waals surface area contributed by atoms with Gasteiger partial charge in [0.2, 0.25) is 5.91 Å². The summed E-state index contributed by atoms with van der Waals surface area (Å²) in [6.07, 6.45) is 3.90. The lowest BCUT2D eigenvalue weighted by molar-refractivity contribution is -0.130. The quantitative estimate of drug-likeness (QED) is 0.853. The molecule has 0 unspecified atom stereocenters. The lowest BCUT2D eigenvalue weighted by Crippen LogP contribution is -2.31. The second kappa shape index (κ2) is 6.22. The van der Waals surface area contributed by atoms with Crippen LogP contribution in [0.15, 0.2) is 30.5 Å². The van der Waals surface area contributed by atoms with Crippen LogP contribution in [0, 0.1) is 0 Å². The Morgan fingerprint density at radius 1 is 1.41 bits per heavy atom. The number of para-hydroxylation sites is 1. The summed E-state index contributed by atoms with van der Waals surface area (Å²) in [5.74, 6) is 0.937. The van der Waals surface area contributed by atoms with Crippen LogP contribution in [0.4, 0.5) is 0 Å². The van der Waals surface area contributed by atoms with Gasteiger partial charge in [0.1, 0.15) is 18.9 Å². The Kier molecular flexibility index (Phi) is 4.13. The fourth-order valence-electron chi connectivity index (χ4n) is 2.67. The molecule has 2 aromatic rings. The molecule has 5 heteroatoms. The highest BCUT2D eigenvalue weighted by Gasteiger charge is 2.23. The van der Waals surface area contributed by atoms with Crippen molar-refractivity contribution in [3.63, 3.8) is 0 Å². The zero-order chi connectivity index (χ0) is 15.5. The second-order valence-electron chi connectivity index (χ2n) is 5.63. The van der Waals surface area contributed by atoms with E-state index in [0.29, 0.717) is 6.61 Å². The average molecular weight is 299 g/mol. The van der Waals surface area contributed by atoms with Crippen molar-refractivity contribution in [2.24, 2.45) is 0 Å². The van der Waals surface area contributed by atoms with Gasteiger partial charge in [-0.3, -0.25) is 9.48 Å². The third-order valence-electron chi connectivity index (χ3n) is 4.00. The molecule has 2 heterocycles. The van der Waals surface area contributed by atoms with E-state index in [0.717, 1.165) is 42.0 Å². The van der Waals surface area contributed by atoms with Crippen molar-refractivity contribution in [1.82, 2.24) is 14.7 Å². The van der Waals surface area contributed by atoms with E-state index in [2.05, 4.69) is 12.0 Å². The van der Waals surface area contributed by atoms with E-state index >= 15 is 0 Å². The van der Waals surface area contributed by atoms with E-state index in [4.69, 9.17) is 4.74 Å². The lowest BCUT2D eigenvalue weighted by atomic mass is 10.0. The minimum absolute atomic E-state index is 0.0864. The van der Waals surface area contributed by atoms with Gasteiger partial charge in [0.25, 0.3) is 0 Å². The molecule has 5 nitrogen and oxygen atoms in total. The molecule has 1 amide bonds. The Labute approximate surface area is 130 Å². The molecule has 0 bridgehead atoms. The monoisotopic (exact) mass is 299 g/mol. The number of hydrogen-bond acceptors (Lipinski definition) is 3. The van der Waals surface area contributed by atoms with Gasteiger partial charge in [-0.2, -0.15) is 5.10 Å². The lowest BCUT2D eigenvalue weighted by Gasteiger charge is -2.21. The molecular formula is C17H21N3O2. The normalized spacial score (nSPS) is 12.3. The summed E-state index contributed by atoms with van der Waals surface area (Å²) in [7, 11) is 1.85. The molecule has 22 heavy (non-hydrogen) atoms. The Morgan fingerprint density at radius 3 is 3.05 bits per heavy atom. The number of likely N-dealkylation sites (N-methyl/N-ethyl adjacent to an activating group) is 1. The van der Waals surface area contributed by atoms with Crippen LogP contribution in [0.3, 0.4) is 0 Å². The topological polar surface area (TPSA) is 47.4 Å². The van der Waals surface area contributed by atoms with Crippen LogP contribution < -0.4 is 4.74 Å². The number of benzene rings is 1. The van der Waals surface area contributed by atoms with Crippen molar-refractivity contribution in [3.05, 3.63) is 36.0 Å². The van der Waals surface area contributed by atoms with Crippen LogP contribution >= 0.6 is 0 Å². The maximum absolute atomic E-state index is 12.3. The molecule has 1 aromatic carbocycles. The first-order valence-electron chi connectivity index (χ1n) is 7.71. The fraction of sp³-hybridized carbons (Fsp3) is 0.412. The Balaban J connectivity index is 1.83. The summed E-state index contributed by atoms with van der Waals surface area (Å²) in [4.78, 5) is 14.1. The molecule has 0 saturated carbocycles. The summed E-state index contributed by atoms with van der Waals surface area (Å²) >= 11 is 0. The van der Waals surface area contributed by atoms with Gasteiger partial charge in [-0.05, 0) is 18.6 Å². The van der Waals surface area contributed by atoms with Gasteiger partial charge in [-0.25, -0.2) is 0 Å². The molecule has 0 saturated heterocycles. The van der Waals surface area contributed by atoms with Crippen molar-refractivity contribution < 1.29 is 9.53 Å². The SMILES string of the molecule is CCCCN(C)C(=O)Cn1ncc2c1-c1ccccc1OC2. The number of hydrogen-bond donors (Lipinski definition) is 0. The van der Waals surface area contributed by atoms with Crippen LogP contribution in [0.1, 0.15) is 25.3 Å². The highest BCUT2D eigenvalue weighted by atomic mass is 16.5. The number of carbonyl (C=O) groups excluding carboxylic acids is 1. The number of unbranched alkanes of at least 4 members (excludes halogenated alkanes) is 1. The molecule has 0 spiro atoms. The Hall–Kier alpha value is -2.30. The molecular weight excluding hydrogens is 278 g/mol. The molecule has 0 fully saturated rings. The predicted octanol–water partition coefficient (Wildman–Crippen LogP) is 2.70. The van der Waals surface area contributed by atoms with Gasteiger partial charge in [0.15, 0.2) is 0 Å². The Bertz CT molecular complexity index is 678. The molecule has 1 aliphatic rings. The fourth-order valence-corrected chi connectivity index (χ4v) is 2.67. The van der Waals surface area contributed by atoms with Crippen molar-refractivity contribution in [2.45, 2.75) is 32.9 Å². The zero-order valence-electron chi connectivity index (χ0n) is 13.1. The Morgan fingerprint density at radius 2 is 2.23 bits per heavy atom. The number of rotatable bonds is 5. The van der Waals surface area contributed by atoms with Gasteiger partial charge < -0.3 is 9.64 Å². The van der Waals surface area contributed by atoms with Crippen LogP contribution in [-0.2, 0) is 17.9 Å². The van der Waals surface area contributed by atoms with Crippen LogP contribution in [-0.4, -0.2) is 34.2 Å². The van der Waals surface area contributed by atoms with Gasteiger partial charge in [0.05, 0.1) is 11.9 Å². The number of carbonyl (C=O) groups is 1. The number of ether oxygens (including phenoxy) is 1. The van der Waals surface area contributed by atoms with Gasteiger partial charge in [-0.15, -0.1) is 0 Å². The first kappa shape index (κ1) is 14.6. The predicted molar refractivity (Wildman–Crippen MR) is 84.5 cm³/mol. The second-order valence-corrected chi connectivity index (χ2v) is 5.63. The van der Waals surface area contributed by atoms with Crippen molar-refractivity contribution in [2.75, 3.05) is 13.6 Å². The standard InChI is InChI=1S/C17H21N3O2/c1-3-4-9-19(2)16(21)11-20-17-13(10-18-20)12-22-15-8-6-5-7-14(15)17/h5-8,10H,3-4,9,11-12H2,1-2H3. The van der Waals surface area contributed by atoms with Crippen LogP contribution in [0.25, 0.3) is 11.3 Å². The third-order valence-corrected chi connectivity index (χ3v) is 4.00. The van der Waals surface area contributed by atoms with E-state index in [1.54, 1.807) is 15.8 Å². The van der Waals surface area contributed by atoms with Crippen LogP contribution in [0.5, 0.6) is 5.75 Å². The van der Waals surface area contributed by atoms with Crippen molar-refractivity contribution in [1.29, 1.82) is 0 Å². The molecule has 0 N–H and O–H groups in total. The first-order valence-corrected chi connectivity index (χ1v) is 7.71. The van der Waals surface area contributed by atoms with E-state index in [9.17, 15) is 4.79 Å². The van der Waals surface area contributed by atoms with E-state index in [1.807, 2.05) is 31.3 Å². The number of nitrogens with zero attached hydrogens (tertiary/aromatic N) is 3. The molecule has 116 valence electrons. The van der Waals surface area contributed by atoms with Gasteiger partial charge in [0, 0.05) is 24.7 Å². The zero-order valence-corrected chi connectivity index (χ0v) is 13.1. The van der Waals surface area contributed by atoms with Gasteiger partial charge in [-0.1, -0.05) is 25.5 Å². The third kappa shape index (κ3) is 2.71. The first-order chi connectivity index (χ1) is 10.7. The molecule has 3 rings (SSSR count). The van der Waals surface area contributed by atoms with Crippen molar-refractivity contribution >= 4 is 5.91 Å². The number of amides is 1. The maximum Gasteiger partial charge on any atom is 0.244 e. The summed E-state index contributed by atoms with van der Waals surface area (Å²) < 4.78 is 7.51. The van der Waals surface area contributed by atoms with E-state index < -0.39 is 0 Å². The van der Waals surface area contributed by atoms with Crippen molar-refractivity contribution in [3.8, 4) is 17.0 Å².